The number of nitrogens with one attached hydrogen (secondary N) is 2. The minimum absolute atomic E-state index is 0.167. The van der Waals surface area contributed by atoms with E-state index in [-0.39, 0.29) is 6.29 Å². The molecule has 0 spiro atoms. The van der Waals surface area contributed by atoms with Gasteiger partial charge >= 0.3 is 0 Å². The van der Waals surface area contributed by atoms with Crippen LogP contribution >= 0.6 is 0 Å². The smallest absolute Gasteiger partial charge is 0.162 e. The Labute approximate surface area is 126 Å². The van der Waals surface area contributed by atoms with E-state index < -0.39 is 0 Å². The maximum Gasteiger partial charge on any atom is 0.162 e. The molecule has 6 heteroatoms. The van der Waals surface area contributed by atoms with Crippen molar-refractivity contribution < 1.29 is 0 Å². The zero-order chi connectivity index (χ0) is 15.0. The standard InChI is InChI=1S/C15H26N6/c1-11-7-20(8-12(2)17-11)15-16-6-5-14-18-13(9-19(3)4)10-21(14)15/h5-6,10-12,15-17H,7-9H2,1-4H3. The molecule has 2 aliphatic heterocycles. The maximum atomic E-state index is 4.73. The number of hydrogen-bond acceptors (Lipinski definition) is 5. The van der Waals surface area contributed by atoms with Crippen molar-refractivity contribution in [2.75, 3.05) is 27.2 Å². The van der Waals surface area contributed by atoms with E-state index in [1.54, 1.807) is 0 Å². The van der Waals surface area contributed by atoms with E-state index in [0.717, 1.165) is 31.2 Å². The van der Waals surface area contributed by atoms with E-state index in [2.05, 4.69) is 59.1 Å². The van der Waals surface area contributed by atoms with Crippen LogP contribution in [0.2, 0.25) is 0 Å². The fraction of sp³-hybridized carbons (Fsp3) is 0.667. The third kappa shape index (κ3) is 3.12. The number of fused-ring (bicyclic) bond motifs is 1. The molecule has 1 aromatic heterocycles. The zero-order valence-corrected chi connectivity index (χ0v) is 13.4. The lowest BCUT2D eigenvalue weighted by molar-refractivity contribution is 0.0668. The predicted octanol–water partition coefficient (Wildman–Crippen LogP) is 0.657. The summed E-state index contributed by atoms with van der Waals surface area (Å²) in [6.45, 7) is 7.43. The molecule has 2 N–H and O–H groups in total. The Kier molecular flexibility index (Phi) is 4.01. The van der Waals surface area contributed by atoms with Gasteiger partial charge in [-0.2, -0.15) is 0 Å². The van der Waals surface area contributed by atoms with E-state index in [1.165, 1.54) is 0 Å². The minimum atomic E-state index is 0.167. The van der Waals surface area contributed by atoms with Crippen molar-refractivity contribution >= 4 is 6.08 Å². The van der Waals surface area contributed by atoms with Crippen molar-refractivity contribution in [1.29, 1.82) is 0 Å². The first-order chi connectivity index (χ1) is 10.0. The van der Waals surface area contributed by atoms with Gasteiger partial charge in [-0.15, -0.1) is 0 Å². The van der Waals surface area contributed by atoms with Crippen molar-refractivity contribution in [3.8, 4) is 0 Å². The summed E-state index contributed by atoms with van der Waals surface area (Å²) in [6, 6.07) is 1.02. The van der Waals surface area contributed by atoms with Crippen molar-refractivity contribution in [3.63, 3.8) is 0 Å². The van der Waals surface area contributed by atoms with Gasteiger partial charge in [0.15, 0.2) is 6.29 Å². The molecule has 116 valence electrons. The fourth-order valence-electron chi connectivity index (χ4n) is 3.32. The molecule has 1 saturated heterocycles. The van der Waals surface area contributed by atoms with Crippen molar-refractivity contribution in [3.05, 3.63) is 23.9 Å². The van der Waals surface area contributed by atoms with Crippen LogP contribution in [0, 0.1) is 0 Å². The van der Waals surface area contributed by atoms with Crippen LogP contribution in [0.3, 0.4) is 0 Å². The largest absolute Gasteiger partial charge is 0.359 e. The molecule has 3 rings (SSSR count). The topological polar surface area (TPSA) is 48.4 Å². The molecule has 2 aliphatic rings. The van der Waals surface area contributed by atoms with E-state index in [0.29, 0.717) is 12.1 Å². The summed E-state index contributed by atoms with van der Waals surface area (Å²) in [5.41, 5.74) is 1.12. The van der Waals surface area contributed by atoms with Crippen LogP contribution in [0.4, 0.5) is 0 Å². The fourth-order valence-corrected chi connectivity index (χ4v) is 3.32. The molecule has 1 aromatic rings. The highest BCUT2D eigenvalue weighted by Crippen LogP contribution is 2.22. The Morgan fingerprint density at radius 3 is 2.67 bits per heavy atom. The summed E-state index contributed by atoms with van der Waals surface area (Å²) < 4.78 is 2.25. The second-order valence-electron chi connectivity index (χ2n) is 6.53. The number of nitrogens with zero attached hydrogens (tertiary/aromatic N) is 4. The molecule has 0 aromatic carbocycles. The highest BCUT2D eigenvalue weighted by atomic mass is 15.4. The highest BCUT2D eigenvalue weighted by molar-refractivity contribution is 5.43. The molecule has 3 atom stereocenters. The number of imidazole rings is 1. The molecule has 1 fully saturated rings. The van der Waals surface area contributed by atoms with Gasteiger partial charge in [-0.3, -0.25) is 9.47 Å². The Hall–Kier alpha value is -1.37. The molecule has 3 unspecified atom stereocenters. The summed E-state index contributed by atoms with van der Waals surface area (Å²) in [4.78, 5) is 9.36. The van der Waals surface area contributed by atoms with Crippen molar-refractivity contribution in [1.82, 2.24) is 30.0 Å². The lowest BCUT2D eigenvalue weighted by Gasteiger charge is -2.42. The van der Waals surface area contributed by atoms with E-state index in [1.807, 2.05) is 12.3 Å². The molecular formula is C15H26N6. The molecular weight excluding hydrogens is 264 g/mol. The normalized spacial score (nSPS) is 29.5. The third-order valence-electron chi connectivity index (χ3n) is 3.96. The van der Waals surface area contributed by atoms with E-state index in [9.17, 15) is 0 Å². The van der Waals surface area contributed by atoms with E-state index in [4.69, 9.17) is 4.98 Å². The van der Waals surface area contributed by atoms with E-state index >= 15 is 0 Å². The second kappa shape index (κ2) is 5.79. The van der Waals surface area contributed by atoms with Gasteiger partial charge in [-0.1, -0.05) is 0 Å². The minimum Gasteiger partial charge on any atom is -0.359 e. The Morgan fingerprint density at radius 2 is 2.00 bits per heavy atom. The zero-order valence-electron chi connectivity index (χ0n) is 13.4. The van der Waals surface area contributed by atoms with Crippen LogP contribution in [-0.4, -0.2) is 58.6 Å². The van der Waals surface area contributed by atoms with Gasteiger partial charge in [0.1, 0.15) is 5.82 Å². The molecule has 0 radical (unpaired) electrons. The Morgan fingerprint density at radius 1 is 1.29 bits per heavy atom. The lowest BCUT2D eigenvalue weighted by atomic mass is 10.1. The second-order valence-corrected chi connectivity index (χ2v) is 6.53. The molecule has 21 heavy (non-hydrogen) atoms. The summed E-state index contributed by atoms with van der Waals surface area (Å²) in [5.74, 6) is 1.04. The number of hydrogen-bond donors (Lipinski definition) is 2. The van der Waals surface area contributed by atoms with Crippen molar-refractivity contribution in [2.45, 2.75) is 38.8 Å². The lowest BCUT2D eigenvalue weighted by Crippen LogP contribution is -2.58. The first-order valence-electron chi connectivity index (χ1n) is 7.68. The average Bonchev–Trinajstić information content (AvgIpc) is 2.78. The van der Waals surface area contributed by atoms with Gasteiger partial charge in [0, 0.05) is 44.1 Å². The molecule has 3 heterocycles. The monoisotopic (exact) mass is 290 g/mol. The van der Waals surface area contributed by atoms with Gasteiger partial charge in [-0.05, 0) is 34.0 Å². The first-order valence-corrected chi connectivity index (χ1v) is 7.68. The molecule has 0 aliphatic carbocycles. The molecule has 0 amide bonds. The summed E-state index contributed by atoms with van der Waals surface area (Å²) in [5, 5.41) is 7.06. The van der Waals surface area contributed by atoms with Gasteiger partial charge in [0.2, 0.25) is 0 Å². The van der Waals surface area contributed by atoms with Gasteiger partial charge < -0.3 is 15.5 Å². The summed E-state index contributed by atoms with van der Waals surface area (Å²) in [6.07, 6.45) is 6.41. The highest BCUT2D eigenvalue weighted by Gasteiger charge is 2.29. The van der Waals surface area contributed by atoms with Crippen LogP contribution in [0.5, 0.6) is 0 Å². The number of rotatable bonds is 3. The SMILES string of the molecule is CC1CN(C2NC=Cc3nc(CN(C)C)cn32)CC(C)N1. The maximum absolute atomic E-state index is 4.73. The van der Waals surface area contributed by atoms with Gasteiger partial charge in [0.25, 0.3) is 0 Å². The van der Waals surface area contributed by atoms with Gasteiger partial charge in [-0.25, -0.2) is 4.98 Å². The van der Waals surface area contributed by atoms with Crippen LogP contribution in [0.1, 0.15) is 31.7 Å². The summed E-state index contributed by atoms with van der Waals surface area (Å²) in [7, 11) is 4.15. The predicted molar refractivity (Wildman–Crippen MR) is 84.5 cm³/mol. The summed E-state index contributed by atoms with van der Waals surface area (Å²) >= 11 is 0. The first kappa shape index (κ1) is 14.6. The average molecular weight is 290 g/mol. The molecule has 6 nitrogen and oxygen atoms in total. The van der Waals surface area contributed by atoms with Crippen LogP contribution in [0.15, 0.2) is 12.4 Å². The van der Waals surface area contributed by atoms with Crippen molar-refractivity contribution in [2.24, 2.45) is 0 Å². The van der Waals surface area contributed by atoms with Crippen LogP contribution in [0.25, 0.3) is 6.08 Å². The Bertz CT molecular complexity index is 510. The quantitative estimate of drug-likeness (QED) is 0.856. The molecule has 0 bridgehead atoms. The third-order valence-corrected chi connectivity index (χ3v) is 3.96. The number of aromatic nitrogens is 2. The Balaban J connectivity index is 1.82. The van der Waals surface area contributed by atoms with Crippen LogP contribution < -0.4 is 10.6 Å². The van der Waals surface area contributed by atoms with Crippen LogP contribution in [-0.2, 0) is 6.54 Å². The number of piperazine rings is 1. The molecule has 0 saturated carbocycles. The van der Waals surface area contributed by atoms with Gasteiger partial charge in [0.05, 0.1) is 5.69 Å².